The maximum Gasteiger partial charge on any atom is 0.407 e. The molecule has 1 aromatic carbocycles. The summed E-state index contributed by atoms with van der Waals surface area (Å²) in [6, 6.07) is 6.75. The zero-order valence-electron chi connectivity index (χ0n) is 14.2. The number of hydrogen-bond acceptors (Lipinski definition) is 5. The van der Waals surface area contributed by atoms with Crippen LogP contribution < -0.4 is 5.32 Å². The Morgan fingerprint density at radius 3 is 2.28 bits per heavy atom. The van der Waals surface area contributed by atoms with Gasteiger partial charge >= 0.3 is 18.0 Å². The number of carboxylic acid groups (broad SMARTS) is 1. The molecular weight excluding hydrogens is 350 g/mol. The smallest absolute Gasteiger partial charge is 0.407 e. The minimum Gasteiger partial charge on any atom is -0.481 e. The maximum absolute atomic E-state index is 11.7. The number of carboxylic acids is 1. The van der Waals surface area contributed by atoms with Crippen LogP contribution in [0.5, 0.6) is 0 Å². The van der Waals surface area contributed by atoms with Gasteiger partial charge in [0.15, 0.2) is 0 Å². The molecule has 0 unspecified atom stereocenters. The number of benzene rings is 1. The number of aliphatic carboxylic acids is 1. The highest BCUT2D eigenvalue weighted by Crippen LogP contribution is 2.21. The summed E-state index contributed by atoms with van der Waals surface area (Å²) in [6.45, 7) is 3.40. The highest BCUT2D eigenvalue weighted by Gasteiger charge is 2.17. The quantitative estimate of drug-likeness (QED) is 0.511. The van der Waals surface area contributed by atoms with Crippen LogP contribution in [0.25, 0.3) is 0 Å². The number of nitrogens with one attached hydrogen (secondary N) is 1. The number of amides is 1. The van der Waals surface area contributed by atoms with Gasteiger partial charge in [-0.25, -0.2) is 4.79 Å². The predicted molar refractivity (Wildman–Crippen MR) is 91.6 cm³/mol. The van der Waals surface area contributed by atoms with Crippen LogP contribution in [0.15, 0.2) is 24.3 Å². The van der Waals surface area contributed by atoms with Gasteiger partial charge in [0.05, 0.1) is 12.3 Å². The SMILES string of the molecule is CC(C)C(=O)OCCOC(=O)NC[C@H](CC(=O)O)c1ccc(Cl)cc1. The first kappa shape index (κ1) is 20.8. The van der Waals surface area contributed by atoms with Gasteiger partial charge in [-0.05, 0) is 17.7 Å². The molecule has 7 nitrogen and oxygen atoms in total. The molecule has 25 heavy (non-hydrogen) atoms. The minimum absolute atomic E-state index is 0.0276. The third-order valence-corrected chi connectivity index (χ3v) is 3.54. The normalized spacial score (nSPS) is 11.7. The Morgan fingerprint density at radius 2 is 1.72 bits per heavy atom. The van der Waals surface area contributed by atoms with E-state index in [1.54, 1.807) is 38.1 Å². The molecule has 0 fully saturated rings. The molecule has 0 bridgehead atoms. The molecule has 0 saturated carbocycles. The molecule has 1 rings (SSSR count). The Labute approximate surface area is 151 Å². The van der Waals surface area contributed by atoms with Crippen LogP contribution in [-0.4, -0.2) is 42.9 Å². The lowest BCUT2D eigenvalue weighted by molar-refractivity contribution is -0.148. The molecule has 1 atom stereocenters. The number of ether oxygens (including phenoxy) is 2. The van der Waals surface area contributed by atoms with Crippen LogP contribution in [0.3, 0.4) is 0 Å². The number of rotatable bonds is 9. The number of alkyl carbamates (subject to hydrolysis) is 1. The van der Waals surface area contributed by atoms with Gasteiger partial charge in [-0.3, -0.25) is 9.59 Å². The van der Waals surface area contributed by atoms with E-state index in [0.29, 0.717) is 5.02 Å². The Hall–Kier alpha value is -2.28. The molecule has 1 amide bonds. The molecule has 0 aromatic heterocycles. The summed E-state index contributed by atoms with van der Waals surface area (Å²) in [5, 5.41) is 12.1. The van der Waals surface area contributed by atoms with E-state index in [-0.39, 0.29) is 38.1 Å². The summed E-state index contributed by atoms with van der Waals surface area (Å²) in [5.41, 5.74) is 0.748. The second-order valence-corrected chi connectivity index (χ2v) is 6.12. The van der Waals surface area contributed by atoms with E-state index >= 15 is 0 Å². The minimum atomic E-state index is -0.976. The molecular formula is C17H22ClNO6. The van der Waals surface area contributed by atoms with Gasteiger partial charge in [-0.2, -0.15) is 0 Å². The lowest BCUT2D eigenvalue weighted by Gasteiger charge is -2.16. The van der Waals surface area contributed by atoms with Crippen molar-refractivity contribution in [2.75, 3.05) is 19.8 Å². The number of carbonyl (C=O) groups excluding carboxylic acids is 2. The third kappa shape index (κ3) is 8.39. The van der Waals surface area contributed by atoms with E-state index < -0.39 is 18.0 Å². The van der Waals surface area contributed by atoms with E-state index in [1.165, 1.54) is 0 Å². The molecule has 2 N–H and O–H groups in total. The second kappa shape index (κ2) is 10.6. The molecule has 0 heterocycles. The fraction of sp³-hybridized carbons (Fsp3) is 0.471. The van der Waals surface area contributed by atoms with Gasteiger partial charge in [0.2, 0.25) is 0 Å². The fourth-order valence-corrected chi connectivity index (χ4v) is 2.08. The number of hydrogen-bond donors (Lipinski definition) is 2. The van der Waals surface area contributed by atoms with Crippen LogP contribution >= 0.6 is 11.6 Å². The van der Waals surface area contributed by atoms with Crippen molar-refractivity contribution < 1.29 is 29.0 Å². The molecule has 0 aliphatic carbocycles. The lowest BCUT2D eigenvalue weighted by Crippen LogP contribution is -2.31. The van der Waals surface area contributed by atoms with E-state index in [0.717, 1.165) is 5.56 Å². The molecule has 0 aliphatic rings. The number of esters is 1. The average Bonchev–Trinajstić information content (AvgIpc) is 2.55. The predicted octanol–water partition coefficient (Wildman–Crippen LogP) is 2.82. The van der Waals surface area contributed by atoms with Crippen molar-refractivity contribution in [2.45, 2.75) is 26.2 Å². The van der Waals surface area contributed by atoms with Crippen LogP contribution in [0.2, 0.25) is 5.02 Å². The molecule has 0 saturated heterocycles. The van der Waals surface area contributed by atoms with Gasteiger partial charge in [0.1, 0.15) is 13.2 Å². The Kier molecular flexibility index (Phi) is 8.77. The van der Waals surface area contributed by atoms with Crippen molar-refractivity contribution in [3.05, 3.63) is 34.9 Å². The summed E-state index contributed by atoms with van der Waals surface area (Å²) < 4.78 is 9.77. The largest absolute Gasteiger partial charge is 0.481 e. The summed E-state index contributed by atoms with van der Waals surface area (Å²) in [5.74, 6) is -2.00. The van der Waals surface area contributed by atoms with Crippen molar-refractivity contribution in [1.29, 1.82) is 0 Å². The second-order valence-electron chi connectivity index (χ2n) is 5.69. The van der Waals surface area contributed by atoms with Crippen LogP contribution in [0.1, 0.15) is 31.7 Å². The molecule has 138 valence electrons. The molecule has 8 heteroatoms. The first-order valence-corrected chi connectivity index (χ1v) is 8.22. The summed E-state index contributed by atoms with van der Waals surface area (Å²) in [6.07, 6.45) is -0.849. The van der Waals surface area contributed by atoms with Crippen LogP contribution in [-0.2, 0) is 19.1 Å². The topological polar surface area (TPSA) is 102 Å². The third-order valence-electron chi connectivity index (χ3n) is 3.29. The summed E-state index contributed by atoms with van der Waals surface area (Å²) in [4.78, 5) is 33.9. The van der Waals surface area contributed by atoms with Gasteiger partial charge in [0.25, 0.3) is 0 Å². The zero-order chi connectivity index (χ0) is 18.8. The first-order chi connectivity index (χ1) is 11.8. The van der Waals surface area contributed by atoms with Crippen LogP contribution in [0.4, 0.5) is 4.79 Å². The van der Waals surface area contributed by atoms with Crippen molar-refractivity contribution in [2.24, 2.45) is 5.92 Å². The number of carbonyl (C=O) groups is 3. The maximum atomic E-state index is 11.7. The van der Waals surface area contributed by atoms with E-state index in [9.17, 15) is 14.4 Å². The molecule has 0 spiro atoms. The van der Waals surface area contributed by atoms with Gasteiger partial charge in [-0.1, -0.05) is 37.6 Å². The number of halogens is 1. The van der Waals surface area contributed by atoms with E-state index in [2.05, 4.69) is 5.32 Å². The summed E-state index contributed by atoms with van der Waals surface area (Å²) >= 11 is 5.82. The fourth-order valence-electron chi connectivity index (χ4n) is 1.95. The Balaban J connectivity index is 2.42. The van der Waals surface area contributed by atoms with E-state index in [1.807, 2.05) is 0 Å². The van der Waals surface area contributed by atoms with E-state index in [4.69, 9.17) is 26.2 Å². The Morgan fingerprint density at radius 1 is 1.12 bits per heavy atom. The van der Waals surface area contributed by atoms with Gasteiger partial charge in [-0.15, -0.1) is 0 Å². The molecule has 1 aromatic rings. The summed E-state index contributed by atoms with van der Waals surface area (Å²) in [7, 11) is 0. The standard InChI is InChI=1S/C17H22ClNO6/c1-11(2)16(22)24-7-8-25-17(23)19-10-13(9-15(20)21)12-3-5-14(18)6-4-12/h3-6,11,13H,7-10H2,1-2H3,(H,19,23)(H,20,21)/t13-/m0/s1. The van der Waals surface area contributed by atoms with Gasteiger partial charge < -0.3 is 19.9 Å². The van der Waals surface area contributed by atoms with Crippen molar-refractivity contribution >= 4 is 29.6 Å². The zero-order valence-corrected chi connectivity index (χ0v) is 14.9. The van der Waals surface area contributed by atoms with Crippen molar-refractivity contribution in [1.82, 2.24) is 5.32 Å². The molecule has 0 aliphatic heterocycles. The van der Waals surface area contributed by atoms with Crippen LogP contribution in [0, 0.1) is 5.92 Å². The first-order valence-electron chi connectivity index (χ1n) is 7.84. The highest BCUT2D eigenvalue weighted by atomic mass is 35.5. The monoisotopic (exact) mass is 371 g/mol. The molecule has 0 radical (unpaired) electrons. The Bertz CT molecular complexity index is 587. The van der Waals surface area contributed by atoms with Crippen molar-refractivity contribution in [3.8, 4) is 0 Å². The van der Waals surface area contributed by atoms with Crippen molar-refractivity contribution in [3.63, 3.8) is 0 Å². The highest BCUT2D eigenvalue weighted by molar-refractivity contribution is 6.30. The lowest BCUT2D eigenvalue weighted by atomic mass is 9.96. The van der Waals surface area contributed by atoms with Gasteiger partial charge in [0, 0.05) is 17.5 Å². The average molecular weight is 372 g/mol.